The summed E-state index contributed by atoms with van der Waals surface area (Å²) >= 11 is 0. The summed E-state index contributed by atoms with van der Waals surface area (Å²) in [6.07, 6.45) is 0. The first-order valence-corrected chi connectivity index (χ1v) is 9.49. The van der Waals surface area contributed by atoms with Crippen molar-refractivity contribution in [3.63, 3.8) is 0 Å². The number of sulfonamides is 1. The molecule has 0 unspecified atom stereocenters. The van der Waals surface area contributed by atoms with Crippen molar-refractivity contribution in [2.24, 2.45) is 0 Å². The second-order valence-corrected chi connectivity index (χ2v) is 7.99. The van der Waals surface area contributed by atoms with Gasteiger partial charge in [-0.25, -0.2) is 13.2 Å². The number of carbonyl (C=O) groups is 1. The maximum atomic E-state index is 13.0. The first-order chi connectivity index (χ1) is 12.8. The van der Waals surface area contributed by atoms with Gasteiger partial charge in [0.25, 0.3) is 0 Å². The summed E-state index contributed by atoms with van der Waals surface area (Å²) in [6.45, 7) is 2.18. The zero-order valence-electron chi connectivity index (χ0n) is 14.2. The average Bonchev–Trinajstić information content (AvgIpc) is 3.27. The fourth-order valence-corrected chi connectivity index (χ4v) is 4.36. The second-order valence-electron chi connectivity index (χ2n) is 6.05. The van der Waals surface area contributed by atoms with Crippen molar-refractivity contribution < 1.29 is 22.8 Å². The highest BCUT2D eigenvalue weighted by atomic mass is 32.2. The van der Waals surface area contributed by atoms with Crippen molar-refractivity contribution in [2.75, 3.05) is 6.54 Å². The van der Waals surface area contributed by atoms with Crippen molar-refractivity contribution in [1.82, 2.24) is 24.2 Å². The normalized spacial score (nSPS) is 14.9. The molecule has 0 atom stereocenters. The van der Waals surface area contributed by atoms with Crippen LogP contribution in [0.1, 0.15) is 22.1 Å². The molecule has 0 bridgehead atoms. The molecule has 3 heterocycles. The molecule has 1 aromatic carbocycles. The molecule has 0 fully saturated rings. The van der Waals surface area contributed by atoms with Gasteiger partial charge in [0, 0.05) is 19.0 Å². The molecule has 0 spiro atoms. The number of rotatable bonds is 4. The van der Waals surface area contributed by atoms with Crippen molar-refractivity contribution >= 4 is 16.0 Å². The van der Waals surface area contributed by atoms with Crippen LogP contribution in [-0.2, 0) is 23.1 Å². The van der Waals surface area contributed by atoms with E-state index in [0.29, 0.717) is 23.0 Å². The van der Waals surface area contributed by atoms with Crippen molar-refractivity contribution in [2.45, 2.75) is 24.9 Å². The topological polar surface area (TPSA) is 131 Å². The molecule has 0 amide bonds. The van der Waals surface area contributed by atoms with E-state index >= 15 is 0 Å². The molecule has 11 heteroatoms. The fourth-order valence-electron chi connectivity index (χ4n) is 2.91. The number of fused-ring (bicyclic) bond motifs is 1. The Hall–Kier alpha value is -3.05. The van der Waals surface area contributed by atoms with Crippen LogP contribution in [-0.4, -0.2) is 50.3 Å². The van der Waals surface area contributed by atoms with Gasteiger partial charge in [0.2, 0.25) is 21.7 Å². The van der Waals surface area contributed by atoms with Crippen molar-refractivity contribution in [1.29, 1.82) is 0 Å². The van der Waals surface area contributed by atoms with Crippen molar-refractivity contribution in [3.05, 3.63) is 47.6 Å². The SMILES string of the molecule is Cc1nc(-c2cccc(S(=O)(=O)N3CCn4nc(C(=O)O)cc4C3)c2)no1. The smallest absolute Gasteiger partial charge is 0.356 e. The third-order valence-electron chi connectivity index (χ3n) is 4.24. The van der Waals surface area contributed by atoms with Crippen LogP contribution < -0.4 is 0 Å². The lowest BCUT2D eigenvalue weighted by atomic mass is 10.2. The third kappa shape index (κ3) is 3.11. The van der Waals surface area contributed by atoms with Crippen LogP contribution in [0.5, 0.6) is 0 Å². The maximum Gasteiger partial charge on any atom is 0.356 e. The van der Waals surface area contributed by atoms with E-state index in [1.165, 1.54) is 27.2 Å². The fraction of sp³-hybridized carbons (Fsp3) is 0.250. The van der Waals surface area contributed by atoms with Crippen LogP contribution in [0.3, 0.4) is 0 Å². The van der Waals surface area contributed by atoms with Gasteiger partial charge in [-0.15, -0.1) is 0 Å². The molecule has 0 radical (unpaired) electrons. The predicted octanol–water partition coefficient (Wildman–Crippen LogP) is 1.14. The Morgan fingerprint density at radius 2 is 2.07 bits per heavy atom. The number of nitrogens with zero attached hydrogens (tertiary/aromatic N) is 5. The monoisotopic (exact) mass is 389 g/mol. The van der Waals surface area contributed by atoms with Gasteiger partial charge in [0.15, 0.2) is 5.69 Å². The molecular weight excluding hydrogens is 374 g/mol. The van der Waals surface area contributed by atoms with E-state index < -0.39 is 16.0 Å². The number of carboxylic acids is 1. The Balaban J connectivity index is 1.65. The third-order valence-corrected chi connectivity index (χ3v) is 6.08. The summed E-state index contributed by atoms with van der Waals surface area (Å²) in [5.74, 6) is -0.446. The van der Waals surface area contributed by atoms with E-state index in [2.05, 4.69) is 15.2 Å². The Morgan fingerprint density at radius 1 is 1.26 bits per heavy atom. The van der Waals surface area contributed by atoms with Crippen LogP contribution in [0.2, 0.25) is 0 Å². The van der Waals surface area contributed by atoms with E-state index in [-0.39, 0.29) is 30.2 Å². The number of aromatic carboxylic acids is 1. The number of carboxylic acid groups (broad SMARTS) is 1. The van der Waals surface area contributed by atoms with Gasteiger partial charge >= 0.3 is 5.97 Å². The summed E-state index contributed by atoms with van der Waals surface area (Å²) in [5, 5.41) is 16.8. The Kier molecular flexibility index (Phi) is 4.04. The molecule has 0 aliphatic carbocycles. The van der Waals surface area contributed by atoms with Gasteiger partial charge in [-0.1, -0.05) is 17.3 Å². The molecular formula is C16H15N5O5S. The number of aromatic nitrogens is 4. The van der Waals surface area contributed by atoms with Gasteiger partial charge in [-0.3, -0.25) is 4.68 Å². The molecule has 10 nitrogen and oxygen atoms in total. The molecule has 0 saturated heterocycles. The van der Waals surface area contributed by atoms with Gasteiger partial charge in [-0.2, -0.15) is 14.4 Å². The molecule has 1 N–H and O–H groups in total. The summed E-state index contributed by atoms with van der Waals surface area (Å²) in [7, 11) is -3.78. The van der Waals surface area contributed by atoms with Crippen LogP contribution in [0.4, 0.5) is 0 Å². The lowest BCUT2D eigenvalue weighted by molar-refractivity contribution is 0.0689. The van der Waals surface area contributed by atoms with E-state index in [0.717, 1.165) is 0 Å². The van der Waals surface area contributed by atoms with E-state index in [1.807, 2.05) is 0 Å². The lowest BCUT2D eigenvalue weighted by Crippen LogP contribution is -2.38. The van der Waals surface area contributed by atoms with E-state index in [4.69, 9.17) is 9.63 Å². The van der Waals surface area contributed by atoms with Crippen LogP contribution >= 0.6 is 0 Å². The molecule has 1 aliphatic rings. The minimum atomic E-state index is -3.78. The average molecular weight is 389 g/mol. The minimum Gasteiger partial charge on any atom is -0.476 e. The summed E-state index contributed by atoms with van der Waals surface area (Å²) in [4.78, 5) is 15.3. The zero-order chi connectivity index (χ0) is 19.2. The second kappa shape index (κ2) is 6.28. The summed E-state index contributed by atoms with van der Waals surface area (Å²) in [6, 6.07) is 7.70. The first kappa shape index (κ1) is 17.4. The number of aryl methyl sites for hydroxylation is 1. The lowest BCUT2D eigenvalue weighted by Gasteiger charge is -2.27. The molecule has 2 aromatic heterocycles. The van der Waals surface area contributed by atoms with Crippen LogP contribution in [0.15, 0.2) is 39.8 Å². The molecule has 0 saturated carbocycles. The highest BCUT2D eigenvalue weighted by Gasteiger charge is 2.30. The highest BCUT2D eigenvalue weighted by Crippen LogP contribution is 2.25. The maximum absolute atomic E-state index is 13.0. The Labute approximate surface area is 154 Å². The van der Waals surface area contributed by atoms with Crippen LogP contribution in [0, 0.1) is 6.92 Å². The largest absolute Gasteiger partial charge is 0.476 e. The summed E-state index contributed by atoms with van der Waals surface area (Å²) in [5.41, 5.74) is 0.967. The Morgan fingerprint density at radius 3 is 2.78 bits per heavy atom. The molecule has 3 aromatic rings. The number of hydrogen-bond acceptors (Lipinski definition) is 7. The number of hydrogen-bond donors (Lipinski definition) is 1. The molecule has 1 aliphatic heterocycles. The van der Waals surface area contributed by atoms with Crippen molar-refractivity contribution in [3.8, 4) is 11.4 Å². The standard InChI is InChI=1S/C16H15N5O5S/c1-10-17-15(19-26-10)11-3-2-4-13(7-11)27(24,25)20-5-6-21-12(9-20)8-14(18-21)16(22)23/h2-4,7-8H,5-6,9H2,1H3,(H,22,23). The molecule has 4 rings (SSSR count). The van der Waals surface area contributed by atoms with Gasteiger partial charge in [0.05, 0.1) is 23.7 Å². The molecule has 27 heavy (non-hydrogen) atoms. The minimum absolute atomic E-state index is 0.0498. The van der Waals surface area contributed by atoms with Gasteiger partial charge in [0.1, 0.15) is 0 Å². The quantitative estimate of drug-likeness (QED) is 0.703. The zero-order valence-corrected chi connectivity index (χ0v) is 15.0. The Bertz CT molecular complexity index is 1130. The van der Waals surface area contributed by atoms with Gasteiger partial charge in [-0.05, 0) is 18.2 Å². The van der Waals surface area contributed by atoms with E-state index in [9.17, 15) is 13.2 Å². The summed E-state index contributed by atoms with van der Waals surface area (Å²) < 4.78 is 33.9. The predicted molar refractivity (Wildman–Crippen MR) is 91.3 cm³/mol. The van der Waals surface area contributed by atoms with E-state index in [1.54, 1.807) is 19.1 Å². The first-order valence-electron chi connectivity index (χ1n) is 8.05. The van der Waals surface area contributed by atoms with Gasteiger partial charge < -0.3 is 9.63 Å². The highest BCUT2D eigenvalue weighted by molar-refractivity contribution is 7.89. The molecule has 140 valence electrons. The number of benzene rings is 1. The van der Waals surface area contributed by atoms with Crippen LogP contribution in [0.25, 0.3) is 11.4 Å².